The van der Waals surface area contributed by atoms with Gasteiger partial charge in [0.15, 0.2) is 6.61 Å². The van der Waals surface area contributed by atoms with E-state index in [4.69, 9.17) is 21.1 Å². The Hall–Kier alpha value is -1.79. The number of carbonyl (C=O) groups is 2. The first kappa shape index (κ1) is 16.6. The highest BCUT2D eigenvalue weighted by molar-refractivity contribution is 6.30. The molecule has 1 aromatic carbocycles. The average molecular weight is 327 g/mol. The van der Waals surface area contributed by atoms with E-state index in [0.717, 1.165) is 19.4 Å². The number of carbonyl (C=O) groups excluding carboxylic acids is 2. The Labute approximate surface area is 134 Å². The second kappa shape index (κ2) is 8.60. The molecule has 1 amide bonds. The third kappa shape index (κ3) is 5.54. The molecule has 1 aromatic rings. The molecule has 2 unspecified atom stereocenters. The zero-order valence-corrected chi connectivity index (χ0v) is 12.8. The number of benzene rings is 1. The van der Waals surface area contributed by atoms with E-state index in [0.29, 0.717) is 23.9 Å². The molecule has 1 aliphatic heterocycles. The van der Waals surface area contributed by atoms with Crippen molar-refractivity contribution in [2.24, 2.45) is 0 Å². The lowest BCUT2D eigenvalue weighted by molar-refractivity contribution is -0.130. The first-order valence-corrected chi connectivity index (χ1v) is 7.51. The van der Waals surface area contributed by atoms with Crippen LogP contribution in [0.25, 0.3) is 0 Å². The predicted molar refractivity (Wildman–Crippen MR) is 81.9 cm³/mol. The summed E-state index contributed by atoms with van der Waals surface area (Å²) < 4.78 is 10.1. The summed E-state index contributed by atoms with van der Waals surface area (Å²) in [5.41, 5.74) is 0. The van der Waals surface area contributed by atoms with Crippen LogP contribution in [-0.4, -0.2) is 44.2 Å². The van der Waals surface area contributed by atoms with E-state index >= 15 is 0 Å². The zero-order valence-electron chi connectivity index (χ0n) is 12.1. The standard InChI is InChI=1S/C15H19ClN2O4/c16-11-1-3-14(4-2-11)22-9-15(20)18-12-5-6-17-13(7-12)8-21-10-19/h1-4,10,12-13,17H,5-9H2,(H,18,20). The quantitative estimate of drug-likeness (QED) is 0.735. The molecule has 1 aliphatic rings. The summed E-state index contributed by atoms with van der Waals surface area (Å²) in [4.78, 5) is 22.1. The molecule has 22 heavy (non-hydrogen) atoms. The Morgan fingerprint density at radius 3 is 2.91 bits per heavy atom. The van der Waals surface area contributed by atoms with E-state index in [2.05, 4.69) is 10.6 Å². The van der Waals surface area contributed by atoms with Crippen LogP contribution >= 0.6 is 11.6 Å². The van der Waals surface area contributed by atoms with Gasteiger partial charge < -0.3 is 20.1 Å². The number of nitrogens with one attached hydrogen (secondary N) is 2. The molecule has 120 valence electrons. The molecule has 7 heteroatoms. The largest absolute Gasteiger partial charge is 0.484 e. The number of amides is 1. The number of ether oxygens (including phenoxy) is 2. The molecule has 1 fully saturated rings. The van der Waals surface area contributed by atoms with Crippen LogP contribution in [0.2, 0.25) is 5.02 Å². The number of hydrogen-bond donors (Lipinski definition) is 2. The maximum Gasteiger partial charge on any atom is 0.293 e. The van der Waals surface area contributed by atoms with Crippen molar-refractivity contribution < 1.29 is 19.1 Å². The van der Waals surface area contributed by atoms with E-state index in [1.165, 1.54) is 0 Å². The Bertz CT molecular complexity index is 495. The van der Waals surface area contributed by atoms with Crippen LogP contribution in [0.3, 0.4) is 0 Å². The van der Waals surface area contributed by atoms with Gasteiger partial charge in [0.2, 0.25) is 0 Å². The molecule has 2 atom stereocenters. The first-order chi connectivity index (χ1) is 10.7. The molecule has 0 aromatic heterocycles. The van der Waals surface area contributed by atoms with Gasteiger partial charge in [-0.15, -0.1) is 0 Å². The summed E-state index contributed by atoms with van der Waals surface area (Å²) in [6.45, 7) is 1.48. The van der Waals surface area contributed by atoms with E-state index in [9.17, 15) is 9.59 Å². The maximum absolute atomic E-state index is 11.9. The number of piperidine rings is 1. The molecule has 6 nitrogen and oxygen atoms in total. The van der Waals surface area contributed by atoms with E-state index < -0.39 is 0 Å². The van der Waals surface area contributed by atoms with Crippen LogP contribution in [0, 0.1) is 0 Å². The van der Waals surface area contributed by atoms with Gasteiger partial charge in [-0.1, -0.05) is 11.6 Å². The number of hydrogen-bond acceptors (Lipinski definition) is 5. The lowest BCUT2D eigenvalue weighted by Gasteiger charge is -2.30. The maximum atomic E-state index is 11.9. The van der Waals surface area contributed by atoms with Gasteiger partial charge in [0.05, 0.1) is 0 Å². The predicted octanol–water partition coefficient (Wildman–Crippen LogP) is 1.13. The molecule has 0 radical (unpaired) electrons. The third-order valence-corrected chi connectivity index (χ3v) is 3.66. The summed E-state index contributed by atoms with van der Waals surface area (Å²) in [5.74, 6) is 0.430. The summed E-state index contributed by atoms with van der Waals surface area (Å²) in [7, 11) is 0. The minimum atomic E-state index is -0.170. The van der Waals surface area contributed by atoms with Gasteiger partial charge in [0.25, 0.3) is 12.4 Å². The fourth-order valence-electron chi connectivity index (χ4n) is 2.37. The summed E-state index contributed by atoms with van der Waals surface area (Å²) in [6.07, 6.45) is 1.56. The van der Waals surface area contributed by atoms with Gasteiger partial charge >= 0.3 is 0 Å². The number of rotatable bonds is 7. The summed E-state index contributed by atoms with van der Waals surface area (Å²) >= 11 is 5.78. The monoisotopic (exact) mass is 326 g/mol. The molecule has 1 saturated heterocycles. The lowest BCUT2D eigenvalue weighted by atomic mass is 10.00. The molecule has 0 saturated carbocycles. The Morgan fingerprint density at radius 2 is 2.18 bits per heavy atom. The van der Waals surface area contributed by atoms with Crippen molar-refractivity contribution in [2.45, 2.75) is 24.9 Å². The molecule has 0 aliphatic carbocycles. The van der Waals surface area contributed by atoms with Crippen molar-refractivity contribution in [1.82, 2.24) is 10.6 Å². The highest BCUT2D eigenvalue weighted by Gasteiger charge is 2.23. The van der Waals surface area contributed by atoms with Gasteiger partial charge in [0.1, 0.15) is 12.4 Å². The van der Waals surface area contributed by atoms with Crippen molar-refractivity contribution in [3.8, 4) is 5.75 Å². The minimum absolute atomic E-state index is 0.0406. The molecular weight excluding hydrogens is 308 g/mol. The minimum Gasteiger partial charge on any atom is -0.484 e. The van der Waals surface area contributed by atoms with Crippen molar-refractivity contribution in [3.63, 3.8) is 0 Å². The van der Waals surface area contributed by atoms with Gasteiger partial charge in [-0.2, -0.15) is 0 Å². The molecule has 0 bridgehead atoms. The van der Waals surface area contributed by atoms with Gasteiger partial charge in [-0.05, 0) is 43.7 Å². The molecule has 1 heterocycles. The molecule has 0 spiro atoms. The van der Waals surface area contributed by atoms with Gasteiger partial charge in [-0.25, -0.2) is 0 Å². The summed E-state index contributed by atoms with van der Waals surface area (Å²) in [6, 6.07) is 6.97. The Morgan fingerprint density at radius 1 is 1.41 bits per heavy atom. The normalized spacial score (nSPS) is 21.0. The average Bonchev–Trinajstić information content (AvgIpc) is 2.53. The molecular formula is C15H19ClN2O4. The van der Waals surface area contributed by atoms with Crippen LogP contribution in [-0.2, 0) is 14.3 Å². The third-order valence-electron chi connectivity index (χ3n) is 3.41. The highest BCUT2D eigenvalue weighted by Crippen LogP contribution is 2.15. The number of halogens is 1. The van der Waals surface area contributed by atoms with Crippen LogP contribution in [0.15, 0.2) is 24.3 Å². The van der Waals surface area contributed by atoms with Crippen molar-refractivity contribution in [2.75, 3.05) is 19.8 Å². The highest BCUT2D eigenvalue weighted by atomic mass is 35.5. The van der Waals surface area contributed by atoms with E-state index in [1.54, 1.807) is 24.3 Å². The topological polar surface area (TPSA) is 76.7 Å². The summed E-state index contributed by atoms with van der Waals surface area (Å²) in [5, 5.41) is 6.79. The fraction of sp³-hybridized carbons (Fsp3) is 0.467. The van der Waals surface area contributed by atoms with Crippen molar-refractivity contribution in [3.05, 3.63) is 29.3 Å². The van der Waals surface area contributed by atoms with Gasteiger partial charge in [-0.3, -0.25) is 9.59 Å². The van der Waals surface area contributed by atoms with Crippen LogP contribution in [0.5, 0.6) is 5.75 Å². The smallest absolute Gasteiger partial charge is 0.293 e. The second-order valence-electron chi connectivity index (χ2n) is 5.11. The van der Waals surface area contributed by atoms with Crippen molar-refractivity contribution in [1.29, 1.82) is 0 Å². The van der Waals surface area contributed by atoms with Crippen molar-refractivity contribution >= 4 is 24.0 Å². The van der Waals surface area contributed by atoms with E-state index in [-0.39, 0.29) is 24.6 Å². The van der Waals surface area contributed by atoms with Crippen LogP contribution < -0.4 is 15.4 Å². The molecule has 2 N–H and O–H groups in total. The Balaban J connectivity index is 1.71. The fourth-order valence-corrected chi connectivity index (χ4v) is 2.49. The van der Waals surface area contributed by atoms with E-state index in [1.807, 2.05) is 0 Å². The SMILES string of the molecule is O=COCC1CC(NC(=O)COc2ccc(Cl)cc2)CCN1. The zero-order chi connectivity index (χ0) is 15.8. The van der Waals surface area contributed by atoms with Gasteiger partial charge in [0, 0.05) is 17.1 Å². The Kier molecular flexibility index (Phi) is 6.48. The lowest BCUT2D eigenvalue weighted by Crippen LogP contribution is -2.50. The first-order valence-electron chi connectivity index (χ1n) is 7.13. The van der Waals surface area contributed by atoms with Crippen LogP contribution in [0.4, 0.5) is 0 Å². The second-order valence-corrected chi connectivity index (χ2v) is 5.55. The van der Waals surface area contributed by atoms with Crippen LogP contribution in [0.1, 0.15) is 12.8 Å². The molecule has 2 rings (SSSR count).